The molecule has 0 unspecified atom stereocenters. The first-order valence-corrected chi connectivity index (χ1v) is 11.2. The Morgan fingerprint density at radius 2 is 2.14 bits per heavy atom. The molecule has 3 aromatic rings. The number of nitrogens with zero attached hydrogens (tertiary/aromatic N) is 3. The highest BCUT2D eigenvalue weighted by Gasteiger charge is 2.32. The zero-order chi connectivity index (χ0) is 20.1. The number of hydrogen-bond acceptors (Lipinski definition) is 8. The molecule has 0 radical (unpaired) electrons. The maximum atomic E-state index is 12.8. The summed E-state index contributed by atoms with van der Waals surface area (Å²) in [5.41, 5.74) is 1.11. The van der Waals surface area contributed by atoms with E-state index < -0.39 is 0 Å². The molecule has 0 bridgehead atoms. The quantitative estimate of drug-likeness (QED) is 0.486. The summed E-state index contributed by atoms with van der Waals surface area (Å²) in [5, 5.41) is 12.2. The first-order valence-electron chi connectivity index (χ1n) is 9.36. The molecule has 0 saturated heterocycles. The topological polar surface area (TPSA) is 80.5 Å². The van der Waals surface area contributed by atoms with Crippen molar-refractivity contribution in [3.8, 4) is 5.75 Å². The Balaban J connectivity index is 1.29. The van der Waals surface area contributed by atoms with E-state index in [9.17, 15) is 4.79 Å². The molecule has 1 amide bonds. The molecule has 2 aromatic heterocycles. The number of carbonyl (C=O) groups excluding carboxylic acids is 1. The number of carbonyl (C=O) groups is 1. The molecule has 9 heteroatoms. The normalized spacial score (nSPS) is 13.3. The lowest BCUT2D eigenvalue weighted by Crippen LogP contribution is -2.33. The summed E-state index contributed by atoms with van der Waals surface area (Å²) in [6.07, 6.45) is 3.79. The zero-order valence-electron chi connectivity index (χ0n) is 16.0. The van der Waals surface area contributed by atoms with Gasteiger partial charge >= 0.3 is 0 Å². The van der Waals surface area contributed by atoms with Crippen LogP contribution in [0.15, 0.2) is 51.4 Å². The second kappa shape index (κ2) is 9.32. The molecule has 1 N–H and O–H groups in total. The highest BCUT2D eigenvalue weighted by molar-refractivity contribution is 8.01. The highest BCUT2D eigenvalue weighted by atomic mass is 32.2. The van der Waals surface area contributed by atoms with Crippen molar-refractivity contribution < 1.29 is 13.9 Å². The molecule has 0 atom stereocenters. The van der Waals surface area contributed by atoms with E-state index in [-0.39, 0.29) is 5.91 Å². The molecule has 0 aliphatic heterocycles. The summed E-state index contributed by atoms with van der Waals surface area (Å²) >= 11 is 2.88. The fraction of sp³-hybridized carbons (Fsp3) is 0.350. The van der Waals surface area contributed by atoms with Gasteiger partial charge in [0.2, 0.25) is 11.0 Å². The Bertz CT molecular complexity index is 924. The number of amides is 1. The van der Waals surface area contributed by atoms with Gasteiger partial charge in [-0.2, -0.15) is 0 Å². The van der Waals surface area contributed by atoms with Crippen molar-refractivity contribution in [1.82, 2.24) is 15.1 Å². The minimum atomic E-state index is 0.133. The van der Waals surface area contributed by atoms with Crippen LogP contribution in [0.25, 0.3) is 0 Å². The number of rotatable bonds is 10. The number of nitrogens with one attached hydrogen (secondary N) is 1. The third kappa shape index (κ3) is 5.51. The van der Waals surface area contributed by atoms with E-state index >= 15 is 0 Å². The van der Waals surface area contributed by atoms with Gasteiger partial charge in [-0.15, -0.1) is 10.2 Å². The summed E-state index contributed by atoms with van der Waals surface area (Å²) in [7, 11) is 1.65. The number of aromatic nitrogens is 2. The Morgan fingerprint density at radius 1 is 1.31 bits per heavy atom. The van der Waals surface area contributed by atoms with Crippen LogP contribution in [0, 0.1) is 0 Å². The van der Waals surface area contributed by atoms with Crippen LogP contribution in [-0.4, -0.2) is 39.9 Å². The number of ether oxygens (including phenoxy) is 1. The minimum Gasteiger partial charge on any atom is -0.497 e. The molecule has 1 aromatic carbocycles. The first kappa shape index (κ1) is 19.8. The smallest absolute Gasteiger partial charge is 0.233 e. The third-order valence-electron chi connectivity index (χ3n) is 4.54. The summed E-state index contributed by atoms with van der Waals surface area (Å²) in [4.78, 5) is 14.8. The molecule has 0 spiro atoms. The predicted molar refractivity (Wildman–Crippen MR) is 113 cm³/mol. The zero-order valence-corrected chi connectivity index (χ0v) is 17.7. The van der Waals surface area contributed by atoms with Gasteiger partial charge in [0, 0.05) is 12.6 Å². The molecule has 1 aliphatic rings. The standard InChI is InChI=1S/C20H22N4O3S2/c1-26-16-8-4-14(5-9-16)12-24(15-6-7-15)18(25)13-28-20-23-22-19(29-20)21-11-17-3-2-10-27-17/h2-5,8-10,15H,6-7,11-13H2,1H3,(H,21,22). The van der Waals surface area contributed by atoms with Crippen LogP contribution < -0.4 is 10.1 Å². The van der Waals surface area contributed by atoms with Crippen LogP contribution in [-0.2, 0) is 17.9 Å². The number of hydrogen-bond donors (Lipinski definition) is 1. The molecule has 152 valence electrons. The van der Waals surface area contributed by atoms with Gasteiger partial charge in [0.05, 0.1) is 25.7 Å². The number of anilines is 1. The highest BCUT2D eigenvalue weighted by Crippen LogP contribution is 2.31. The Kier molecular flexibility index (Phi) is 6.36. The van der Waals surface area contributed by atoms with E-state index in [0.29, 0.717) is 30.0 Å². The minimum absolute atomic E-state index is 0.133. The maximum absolute atomic E-state index is 12.8. The fourth-order valence-electron chi connectivity index (χ4n) is 2.86. The molecule has 1 aliphatic carbocycles. The van der Waals surface area contributed by atoms with Crippen LogP contribution in [0.2, 0.25) is 0 Å². The second-order valence-corrected chi connectivity index (χ2v) is 8.90. The molecule has 29 heavy (non-hydrogen) atoms. The summed E-state index contributed by atoms with van der Waals surface area (Å²) in [5.74, 6) is 2.15. The maximum Gasteiger partial charge on any atom is 0.233 e. The Hall–Kier alpha value is -2.52. The van der Waals surface area contributed by atoms with Gasteiger partial charge in [-0.25, -0.2) is 0 Å². The SMILES string of the molecule is COc1ccc(CN(C(=O)CSc2nnc(NCc3ccco3)s2)C2CC2)cc1. The van der Waals surface area contributed by atoms with Crippen molar-refractivity contribution in [3.63, 3.8) is 0 Å². The van der Waals surface area contributed by atoms with Crippen LogP contribution >= 0.6 is 23.1 Å². The van der Waals surface area contributed by atoms with Crippen LogP contribution in [0.3, 0.4) is 0 Å². The van der Waals surface area contributed by atoms with Gasteiger partial charge in [-0.3, -0.25) is 4.79 Å². The Labute approximate surface area is 177 Å². The molecule has 2 heterocycles. The summed E-state index contributed by atoms with van der Waals surface area (Å²) < 4.78 is 11.3. The molecule has 1 saturated carbocycles. The number of furan rings is 1. The molecular formula is C20H22N4O3S2. The van der Waals surface area contributed by atoms with Crippen molar-refractivity contribution in [3.05, 3.63) is 54.0 Å². The van der Waals surface area contributed by atoms with E-state index in [4.69, 9.17) is 9.15 Å². The molecule has 1 fully saturated rings. The Morgan fingerprint density at radius 3 is 2.83 bits per heavy atom. The average molecular weight is 431 g/mol. The van der Waals surface area contributed by atoms with E-state index in [2.05, 4.69) is 15.5 Å². The van der Waals surface area contributed by atoms with Crippen molar-refractivity contribution in [2.75, 3.05) is 18.2 Å². The van der Waals surface area contributed by atoms with Crippen molar-refractivity contribution in [2.45, 2.75) is 36.3 Å². The van der Waals surface area contributed by atoms with Crippen LogP contribution in [0.1, 0.15) is 24.2 Å². The van der Waals surface area contributed by atoms with E-state index in [1.807, 2.05) is 41.3 Å². The van der Waals surface area contributed by atoms with Crippen LogP contribution in [0.4, 0.5) is 5.13 Å². The lowest BCUT2D eigenvalue weighted by atomic mass is 10.2. The van der Waals surface area contributed by atoms with Gasteiger partial charge < -0.3 is 19.4 Å². The third-order valence-corrected chi connectivity index (χ3v) is 6.54. The van der Waals surface area contributed by atoms with Gasteiger partial charge in [-0.05, 0) is 42.7 Å². The summed E-state index contributed by atoms with van der Waals surface area (Å²) in [6, 6.07) is 12.0. The monoisotopic (exact) mass is 430 g/mol. The number of methoxy groups -OCH3 is 1. The van der Waals surface area contributed by atoms with Gasteiger partial charge in [-0.1, -0.05) is 35.2 Å². The average Bonchev–Trinajstić information content (AvgIpc) is 3.25. The van der Waals surface area contributed by atoms with Crippen LogP contribution in [0.5, 0.6) is 5.75 Å². The van der Waals surface area contributed by atoms with Crippen molar-refractivity contribution in [1.29, 1.82) is 0 Å². The van der Waals surface area contributed by atoms with Gasteiger partial charge in [0.1, 0.15) is 11.5 Å². The van der Waals surface area contributed by atoms with E-state index in [0.717, 1.165) is 34.3 Å². The fourth-order valence-corrected chi connectivity index (χ4v) is 4.49. The lowest BCUT2D eigenvalue weighted by Gasteiger charge is -2.22. The largest absolute Gasteiger partial charge is 0.497 e. The number of thioether (sulfide) groups is 1. The van der Waals surface area contributed by atoms with Crippen molar-refractivity contribution in [2.24, 2.45) is 0 Å². The molecule has 4 rings (SSSR count). The van der Waals surface area contributed by atoms with Gasteiger partial charge in [0.25, 0.3) is 0 Å². The first-order chi connectivity index (χ1) is 14.2. The lowest BCUT2D eigenvalue weighted by molar-refractivity contribution is -0.129. The molecular weight excluding hydrogens is 408 g/mol. The van der Waals surface area contributed by atoms with Gasteiger partial charge in [0.15, 0.2) is 4.34 Å². The number of benzene rings is 1. The van der Waals surface area contributed by atoms with E-state index in [1.165, 1.54) is 23.1 Å². The predicted octanol–water partition coefficient (Wildman–Crippen LogP) is 4.04. The van der Waals surface area contributed by atoms with E-state index in [1.54, 1.807) is 13.4 Å². The molecule has 7 nitrogen and oxygen atoms in total. The second-order valence-electron chi connectivity index (χ2n) is 6.70. The summed E-state index contributed by atoms with van der Waals surface area (Å²) in [6.45, 7) is 1.18. The van der Waals surface area contributed by atoms with Crippen molar-refractivity contribution >= 4 is 34.1 Å².